The Kier molecular flexibility index (Phi) is 3.57. The second-order valence-electron chi connectivity index (χ2n) is 6.35. The zero-order chi connectivity index (χ0) is 20.2. The van der Waals surface area contributed by atoms with Crippen LogP contribution in [0.2, 0.25) is 0 Å². The third-order valence-corrected chi connectivity index (χ3v) is 4.51. The van der Waals surface area contributed by atoms with Crippen LogP contribution in [0.15, 0.2) is 59.7 Å². The summed E-state index contributed by atoms with van der Waals surface area (Å²) >= 11 is 0. The summed E-state index contributed by atoms with van der Waals surface area (Å²) in [6, 6.07) is 10.1. The number of H-pyrrole nitrogens is 2. The molecule has 4 aromatic heterocycles. The summed E-state index contributed by atoms with van der Waals surface area (Å²) in [5, 5.41) is 0. The summed E-state index contributed by atoms with van der Waals surface area (Å²) in [6.45, 7) is 0. The number of fused-ring (bicyclic) bond motifs is 2. The zero-order valence-electron chi connectivity index (χ0n) is 14.5. The van der Waals surface area contributed by atoms with Crippen LogP contribution < -0.4 is 5.69 Å². The first-order valence-corrected chi connectivity index (χ1v) is 8.50. The molecule has 0 bridgehead atoms. The molecule has 7 nitrogen and oxygen atoms in total. The number of pyridine rings is 2. The molecule has 5 aromatic rings. The molecular weight excluding hydrogens is 385 g/mol. The average Bonchev–Trinajstić information content (AvgIpc) is 3.27. The quantitative estimate of drug-likeness (QED) is 0.476. The van der Waals surface area contributed by atoms with Gasteiger partial charge in [-0.25, -0.2) is 14.8 Å². The Bertz CT molecular complexity index is 1410. The molecule has 0 aliphatic rings. The fraction of sp³-hybridized carbons (Fsp3) is 0.0526. The van der Waals surface area contributed by atoms with Gasteiger partial charge in [-0.05, 0) is 42.5 Å². The van der Waals surface area contributed by atoms with Crippen molar-refractivity contribution in [1.29, 1.82) is 0 Å². The monoisotopic (exact) mass is 396 g/mol. The molecular formula is C19H11F3N6O. The number of hydrogen-bond donors (Lipinski definition) is 2. The minimum atomic E-state index is -4.43. The lowest BCUT2D eigenvalue weighted by molar-refractivity contribution is -0.137. The third-order valence-electron chi connectivity index (χ3n) is 4.51. The molecule has 144 valence electrons. The number of imidazole rings is 2. The highest BCUT2D eigenvalue weighted by atomic mass is 19.4. The third kappa shape index (κ3) is 2.85. The first-order valence-electron chi connectivity index (χ1n) is 8.50. The van der Waals surface area contributed by atoms with E-state index in [0.717, 1.165) is 12.1 Å². The summed E-state index contributed by atoms with van der Waals surface area (Å²) in [6.07, 6.45) is -1.36. The van der Waals surface area contributed by atoms with E-state index in [9.17, 15) is 18.0 Å². The van der Waals surface area contributed by atoms with E-state index < -0.39 is 11.7 Å². The smallest absolute Gasteiger partial charge is 0.337 e. The van der Waals surface area contributed by atoms with Gasteiger partial charge in [0.05, 0.1) is 34.0 Å². The van der Waals surface area contributed by atoms with Crippen LogP contribution in [-0.4, -0.2) is 29.5 Å². The summed E-state index contributed by atoms with van der Waals surface area (Å²) < 4.78 is 40.1. The number of nitrogens with one attached hydrogen (secondary N) is 2. The molecule has 0 atom stereocenters. The SMILES string of the molecule is O=c1[nH]c2ncccc2n1-c1ccc(-c2nc3ccc(C(F)(F)F)cc3[nH]2)nc1. The standard InChI is InChI=1S/C19H11F3N6O/c20-19(21,22)10-3-5-12-14(8-10)26-16(25-12)13-6-4-11(9-24-13)28-15-2-1-7-23-17(15)27-18(28)29/h1-9H,(H,25,26)(H,23,27,29). The van der Waals surface area contributed by atoms with Crippen molar-refractivity contribution in [3.63, 3.8) is 0 Å². The van der Waals surface area contributed by atoms with Gasteiger partial charge in [-0.15, -0.1) is 0 Å². The highest BCUT2D eigenvalue weighted by Crippen LogP contribution is 2.31. The number of nitrogens with zero attached hydrogens (tertiary/aromatic N) is 4. The van der Waals surface area contributed by atoms with Gasteiger partial charge in [-0.3, -0.25) is 14.5 Å². The van der Waals surface area contributed by atoms with Crippen LogP contribution in [0.1, 0.15) is 5.56 Å². The number of hydrogen-bond acceptors (Lipinski definition) is 4. The lowest BCUT2D eigenvalue weighted by atomic mass is 10.2. The Morgan fingerprint density at radius 3 is 2.62 bits per heavy atom. The maximum Gasteiger partial charge on any atom is 0.416 e. The van der Waals surface area contributed by atoms with Crippen LogP contribution in [0.4, 0.5) is 13.2 Å². The predicted molar refractivity (Wildman–Crippen MR) is 99.6 cm³/mol. The normalized spacial score (nSPS) is 12.1. The molecule has 0 radical (unpaired) electrons. The number of alkyl halides is 3. The number of aromatic nitrogens is 6. The molecule has 0 aliphatic carbocycles. The number of aromatic amines is 2. The van der Waals surface area contributed by atoms with Gasteiger partial charge in [0.15, 0.2) is 11.5 Å². The van der Waals surface area contributed by atoms with E-state index in [1.165, 1.54) is 16.8 Å². The number of benzene rings is 1. The van der Waals surface area contributed by atoms with Crippen molar-refractivity contribution in [1.82, 2.24) is 29.5 Å². The molecule has 1 aromatic carbocycles. The van der Waals surface area contributed by atoms with Crippen molar-refractivity contribution in [2.24, 2.45) is 0 Å². The molecule has 29 heavy (non-hydrogen) atoms. The average molecular weight is 396 g/mol. The number of halogens is 3. The predicted octanol–water partition coefficient (Wildman–Crippen LogP) is 3.67. The lowest BCUT2D eigenvalue weighted by Crippen LogP contribution is -2.14. The second kappa shape index (κ2) is 6.03. The molecule has 5 rings (SSSR count). The van der Waals surface area contributed by atoms with Gasteiger partial charge in [0.25, 0.3) is 0 Å². The fourth-order valence-electron chi connectivity index (χ4n) is 3.16. The van der Waals surface area contributed by atoms with Gasteiger partial charge in [0.1, 0.15) is 5.69 Å². The van der Waals surface area contributed by atoms with E-state index in [2.05, 4.69) is 24.9 Å². The van der Waals surface area contributed by atoms with Crippen LogP contribution in [0.5, 0.6) is 0 Å². The van der Waals surface area contributed by atoms with E-state index in [0.29, 0.717) is 33.9 Å². The zero-order valence-corrected chi connectivity index (χ0v) is 14.5. The van der Waals surface area contributed by atoms with Gasteiger partial charge >= 0.3 is 11.9 Å². The van der Waals surface area contributed by atoms with Gasteiger partial charge in [-0.1, -0.05) is 0 Å². The Labute approximate surface area is 159 Å². The first-order chi connectivity index (χ1) is 13.9. The Morgan fingerprint density at radius 1 is 1.00 bits per heavy atom. The van der Waals surface area contributed by atoms with Crippen molar-refractivity contribution >= 4 is 22.2 Å². The van der Waals surface area contributed by atoms with Crippen molar-refractivity contribution in [3.05, 3.63) is 70.9 Å². The molecule has 0 fully saturated rings. The second-order valence-corrected chi connectivity index (χ2v) is 6.35. The first kappa shape index (κ1) is 17.2. The molecule has 0 saturated carbocycles. The Balaban J connectivity index is 1.55. The molecule has 0 saturated heterocycles. The minimum absolute atomic E-state index is 0.264. The molecule has 10 heteroatoms. The summed E-state index contributed by atoms with van der Waals surface area (Å²) in [5.41, 5.74) is 1.58. The molecule has 0 amide bonds. The fourth-order valence-corrected chi connectivity index (χ4v) is 3.16. The van der Waals surface area contributed by atoms with Gasteiger partial charge in [0, 0.05) is 6.20 Å². The van der Waals surface area contributed by atoms with Crippen molar-refractivity contribution in [2.75, 3.05) is 0 Å². The van der Waals surface area contributed by atoms with Crippen LogP contribution >= 0.6 is 0 Å². The van der Waals surface area contributed by atoms with Crippen molar-refractivity contribution in [3.8, 4) is 17.2 Å². The van der Waals surface area contributed by atoms with Crippen LogP contribution in [0.3, 0.4) is 0 Å². The van der Waals surface area contributed by atoms with Gasteiger partial charge in [-0.2, -0.15) is 13.2 Å². The van der Waals surface area contributed by atoms with Gasteiger partial charge < -0.3 is 4.98 Å². The van der Waals surface area contributed by atoms with E-state index in [1.54, 1.807) is 30.5 Å². The topological polar surface area (TPSA) is 92.2 Å². The van der Waals surface area contributed by atoms with Crippen molar-refractivity contribution in [2.45, 2.75) is 6.18 Å². The van der Waals surface area contributed by atoms with E-state index in [4.69, 9.17) is 0 Å². The van der Waals surface area contributed by atoms with Crippen molar-refractivity contribution < 1.29 is 13.2 Å². The van der Waals surface area contributed by atoms with Crippen LogP contribution in [0, 0.1) is 0 Å². The summed E-state index contributed by atoms with van der Waals surface area (Å²) in [7, 11) is 0. The van der Waals surface area contributed by atoms with Crippen LogP contribution in [-0.2, 0) is 6.18 Å². The van der Waals surface area contributed by atoms with Gasteiger partial charge in [0.2, 0.25) is 0 Å². The largest absolute Gasteiger partial charge is 0.416 e. The molecule has 0 aliphatic heterocycles. The highest BCUT2D eigenvalue weighted by molar-refractivity contribution is 5.79. The highest BCUT2D eigenvalue weighted by Gasteiger charge is 2.30. The van der Waals surface area contributed by atoms with Crippen LogP contribution in [0.25, 0.3) is 39.4 Å². The summed E-state index contributed by atoms with van der Waals surface area (Å²) in [5.74, 6) is 0.332. The molecule has 2 N–H and O–H groups in total. The minimum Gasteiger partial charge on any atom is -0.337 e. The lowest BCUT2D eigenvalue weighted by Gasteiger charge is -2.05. The Morgan fingerprint density at radius 2 is 1.86 bits per heavy atom. The molecule has 0 spiro atoms. The van der Waals surface area contributed by atoms with E-state index in [-0.39, 0.29) is 11.2 Å². The number of rotatable bonds is 2. The Hall–Kier alpha value is -3.95. The molecule has 4 heterocycles. The summed E-state index contributed by atoms with van der Waals surface area (Å²) in [4.78, 5) is 30.5. The van der Waals surface area contributed by atoms with E-state index in [1.807, 2.05) is 0 Å². The van der Waals surface area contributed by atoms with E-state index >= 15 is 0 Å². The maximum atomic E-state index is 12.9. The maximum absolute atomic E-state index is 12.9. The molecule has 0 unspecified atom stereocenters.